The highest BCUT2D eigenvalue weighted by molar-refractivity contribution is 5.95. The molecule has 2 aromatic carbocycles. The quantitative estimate of drug-likeness (QED) is 0.881. The number of hydrogen-bond donors (Lipinski definition) is 2. The first-order valence-corrected chi connectivity index (χ1v) is 6.88. The van der Waals surface area contributed by atoms with E-state index in [9.17, 15) is 9.59 Å². The maximum atomic E-state index is 12.1. The van der Waals surface area contributed by atoms with Crippen LogP contribution < -0.4 is 15.8 Å². The van der Waals surface area contributed by atoms with Crippen molar-refractivity contribution in [3.8, 4) is 11.8 Å². The van der Waals surface area contributed by atoms with Crippen LogP contribution in [0.4, 0.5) is 5.69 Å². The summed E-state index contributed by atoms with van der Waals surface area (Å²) < 4.78 is 5.51. The van der Waals surface area contributed by atoms with Crippen molar-refractivity contribution in [1.82, 2.24) is 0 Å². The molecule has 2 amide bonds. The topological polar surface area (TPSA) is 105 Å². The lowest BCUT2D eigenvalue weighted by atomic mass is 10.2. The van der Waals surface area contributed by atoms with Gasteiger partial charge in [-0.2, -0.15) is 5.26 Å². The molecule has 0 saturated heterocycles. The summed E-state index contributed by atoms with van der Waals surface area (Å²) in [7, 11) is 0. The van der Waals surface area contributed by atoms with Crippen molar-refractivity contribution < 1.29 is 14.3 Å². The van der Waals surface area contributed by atoms with Gasteiger partial charge < -0.3 is 15.8 Å². The fraction of sp³-hybridized carbons (Fsp3) is 0.118. The van der Waals surface area contributed by atoms with Crippen LogP contribution in [0.5, 0.6) is 5.75 Å². The predicted octanol–water partition coefficient (Wildman–Crippen LogP) is 2.06. The van der Waals surface area contributed by atoms with Crippen LogP contribution in [0.2, 0.25) is 0 Å². The Kier molecular flexibility index (Phi) is 4.95. The van der Waals surface area contributed by atoms with Crippen molar-refractivity contribution in [2.75, 3.05) is 5.32 Å². The zero-order valence-corrected chi connectivity index (χ0v) is 12.4. The van der Waals surface area contributed by atoms with Gasteiger partial charge in [0.1, 0.15) is 11.8 Å². The van der Waals surface area contributed by atoms with Gasteiger partial charge in [-0.1, -0.05) is 12.1 Å². The summed E-state index contributed by atoms with van der Waals surface area (Å²) in [5, 5.41) is 11.7. The van der Waals surface area contributed by atoms with Crippen LogP contribution in [0, 0.1) is 11.3 Å². The monoisotopic (exact) mass is 309 g/mol. The Morgan fingerprint density at radius 3 is 2.43 bits per heavy atom. The number of carbonyl (C=O) groups excluding carboxylic acids is 2. The summed E-state index contributed by atoms with van der Waals surface area (Å²) in [5.74, 6) is -0.478. The van der Waals surface area contributed by atoms with Gasteiger partial charge in [0, 0.05) is 5.56 Å². The number of para-hydroxylation sites is 1. The molecule has 6 heteroatoms. The van der Waals surface area contributed by atoms with Crippen LogP contribution in [0.3, 0.4) is 0 Å². The van der Waals surface area contributed by atoms with Gasteiger partial charge in [-0.25, -0.2) is 0 Å². The Labute approximate surface area is 133 Å². The van der Waals surface area contributed by atoms with Gasteiger partial charge in [-0.15, -0.1) is 0 Å². The number of nitriles is 1. The maximum absolute atomic E-state index is 12.1. The van der Waals surface area contributed by atoms with E-state index in [1.807, 2.05) is 6.07 Å². The molecule has 6 nitrogen and oxygen atoms in total. The number of rotatable bonds is 5. The third-order valence-corrected chi connectivity index (χ3v) is 3.13. The number of hydrogen-bond acceptors (Lipinski definition) is 4. The van der Waals surface area contributed by atoms with E-state index in [0.29, 0.717) is 22.6 Å². The summed E-state index contributed by atoms with van der Waals surface area (Å²) in [4.78, 5) is 23.1. The van der Waals surface area contributed by atoms with Crippen LogP contribution in [-0.4, -0.2) is 17.9 Å². The minimum absolute atomic E-state index is 0.359. The van der Waals surface area contributed by atoms with E-state index in [-0.39, 0.29) is 5.91 Å². The van der Waals surface area contributed by atoms with Gasteiger partial charge in [-0.05, 0) is 43.3 Å². The molecule has 2 rings (SSSR count). The minimum atomic E-state index is -0.777. The number of ether oxygens (including phenoxy) is 1. The highest BCUT2D eigenvalue weighted by Gasteiger charge is 2.16. The summed E-state index contributed by atoms with van der Waals surface area (Å²) in [6.07, 6.45) is -0.777. The number of nitrogens with two attached hydrogens (primary N) is 1. The SMILES string of the molecule is C[C@@H](Oc1ccc(C(N)=O)cc1)C(=O)Nc1ccccc1C#N. The van der Waals surface area contributed by atoms with Gasteiger partial charge in [0.25, 0.3) is 5.91 Å². The first kappa shape index (κ1) is 16.0. The van der Waals surface area contributed by atoms with Gasteiger partial charge in [0.05, 0.1) is 11.3 Å². The number of anilines is 1. The zero-order valence-electron chi connectivity index (χ0n) is 12.4. The molecule has 1 atom stereocenters. The molecular weight excluding hydrogens is 294 g/mol. The van der Waals surface area contributed by atoms with E-state index in [1.54, 1.807) is 43.3 Å². The van der Waals surface area contributed by atoms with E-state index < -0.39 is 12.0 Å². The van der Waals surface area contributed by atoms with Gasteiger partial charge in [0.2, 0.25) is 5.91 Å². The largest absolute Gasteiger partial charge is 0.481 e. The van der Waals surface area contributed by atoms with Crippen molar-refractivity contribution in [2.45, 2.75) is 13.0 Å². The molecule has 0 saturated carbocycles. The Hall–Kier alpha value is -3.33. The first-order valence-electron chi connectivity index (χ1n) is 6.88. The molecule has 0 aliphatic heterocycles. The predicted molar refractivity (Wildman–Crippen MR) is 84.8 cm³/mol. The zero-order chi connectivity index (χ0) is 16.8. The number of primary amides is 1. The number of carbonyl (C=O) groups is 2. The van der Waals surface area contributed by atoms with Crippen molar-refractivity contribution in [3.63, 3.8) is 0 Å². The molecule has 0 unspecified atom stereocenters. The Balaban J connectivity index is 2.02. The lowest BCUT2D eigenvalue weighted by Gasteiger charge is -2.15. The van der Waals surface area contributed by atoms with Crippen molar-refractivity contribution in [2.24, 2.45) is 5.73 Å². The minimum Gasteiger partial charge on any atom is -0.481 e. The number of amides is 2. The fourth-order valence-electron chi connectivity index (χ4n) is 1.88. The Morgan fingerprint density at radius 1 is 1.17 bits per heavy atom. The van der Waals surface area contributed by atoms with E-state index in [4.69, 9.17) is 15.7 Å². The molecule has 3 N–H and O–H groups in total. The van der Waals surface area contributed by atoms with Crippen LogP contribution in [-0.2, 0) is 4.79 Å². The standard InChI is InChI=1S/C17H15N3O3/c1-11(23-14-8-6-12(7-9-14)16(19)21)17(22)20-15-5-3-2-4-13(15)10-18/h2-9,11H,1H3,(H2,19,21)(H,20,22)/t11-/m1/s1. The van der Waals surface area contributed by atoms with Crippen molar-refractivity contribution in [1.29, 1.82) is 5.26 Å². The van der Waals surface area contributed by atoms with Crippen LogP contribution in [0.1, 0.15) is 22.8 Å². The molecule has 2 aromatic rings. The second-order valence-corrected chi connectivity index (χ2v) is 4.80. The van der Waals surface area contributed by atoms with Gasteiger partial charge in [0.15, 0.2) is 6.10 Å². The fourth-order valence-corrected chi connectivity index (χ4v) is 1.88. The first-order chi connectivity index (χ1) is 11.0. The average Bonchev–Trinajstić information content (AvgIpc) is 2.55. The summed E-state index contributed by atoms with van der Waals surface area (Å²) >= 11 is 0. The molecular formula is C17H15N3O3. The van der Waals surface area contributed by atoms with Gasteiger partial charge >= 0.3 is 0 Å². The van der Waals surface area contributed by atoms with Gasteiger partial charge in [-0.3, -0.25) is 9.59 Å². The molecule has 0 radical (unpaired) electrons. The molecule has 0 fully saturated rings. The summed E-state index contributed by atoms with van der Waals surface area (Å²) in [6, 6.07) is 14.9. The normalized spacial score (nSPS) is 11.1. The third kappa shape index (κ3) is 4.08. The Bertz CT molecular complexity index is 763. The molecule has 116 valence electrons. The molecule has 0 bridgehead atoms. The lowest BCUT2D eigenvalue weighted by Crippen LogP contribution is -2.30. The maximum Gasteiger partial charge on any atom is 0.265 e. The molecule has 0 aliphatic carbocycles. The van der Waals surface area contributed by atoms with E-state index in [1.165, 1.54) is 12.1 Å². The van der Waals surface area contributed by atoms with E-state index in [0.717, 1.165) is 0 Å². The van der Waals surface area contributed by atoms with Crippen LogP contribution in [0.25, 0.3) is 0 Å². The Morgan fingerprint density at radius 2 is 1.83 bits per heavy atom. The van der Waals surface area contributed by atoms with Crippen LogP contribution in [0.15, 0.2) is 48.5 Å². The molecule has 23 heavy (non-hydrogen) atoms. The second-order valence-electron chi connectivity index (χ2n) is 4.80. The number of nitrogens with one attached hydrogen (secondary N) is 1. The van der Waals surface area contributed by atoms with E-state index >= 15 is 0 Å². The summed E-state index contributed by atoms with van der Waals surface area (Å²) in [5.41, 5.74) is 6.32. The summed E-state index contributed by atoms with van der Waals surface area (Å²) in [6.45, 7) is 1.59. The smallest absolute Gasteiger partial charge is 0.265 e. The average molecular weight is 309 g/mol. The van der Waals surface area contributed by atoms with Crippen molar-refractivity contribution >= 4 is 17.5 Å². The highest BCUT2D eigenvalue weighted by Crippen LogP contribution is 2.16. The second kappa shape index (κ2) is 7.09. The number of benzene rings is 2. The van der Waals surface area contributed by atoms with Crippen molar-refractivity contribution in [3.05, 3.63) is 59.7 Å². The highest BCUT2D eigenvalue weighted by atomic mass is 16.5. The molecule has 0 aromatic heterocycles. The number of nitrogens with zero attached hydrogens (tertiary/aromatic N) is 1. The molecule has 0 spiro atoms. The lowest BCUT2D eigenvalue weighted by molar-refractivity contribution is -0.122. The van der Waals surface area contributed by atoms with Crippen LogP contribution >= 0.6 is 0 Å². The molecule has 0 heterocycles. The third-order valence-electron chi connectivity index (χ3n) is 3.13. The molecule has 0 aliphatic rings. The van der Waals surface area contributed by atoms with E-state index in [2.05, 4.69) is 5.32 Å².